The van der Waals surface area contributed by atoms with Gasteiger partial charge < -0.3 is 19.6 Å². The minimum absolute atomic E-state index is 0.216. The Morgan fingerprint density at radius 2 is 1.90 bits per heavy atom. The zero-order valence-electron chi connectivity index (χ0n) is 23.6. The summed E-state index contributed by atoms with van der Waals surface area (Å²) in [5, 5.41) is 14.5. The summed E-state index contributed by atoms with van der Waals surface area (Å²) in [5.74, 6) is 0. The molecule has 2 atom stereocenters. The van der Waals surface area contributed by atoms with Gasteiger partial charge in [-0.3, -0.25) is 4.68 Å². The van der Waals surface area contributed by atoms with E-state index < -0.39 is 6.09 Å². The molecule has 0 aliphatic carbocycles. The van der Waals surface area contributed by atoms with Gasteiger partial charge in [-0.15, -0.1) is 0 Å². The second-order valence-corrected chi connectivity index (χ2v) is 11.3. The molecule has 1 aromatic carbocycles. The van der Waals surface area contributed by atoms with Crippen molar-refractivity contribution < 1.29 is 14.6 Å². The van der Waals surface area contributed by atoms with Gasteiger partial charge in [-0.2, -0.15) is 5.10 Å². The number of carbonyl (C=O) groups is 1. The molecule has 3 aromatic heterocycles. The Balaban J connectivity index is 1.46. The van der Waals surface area contributed by atoms with E-state index in [0.717, 1.165) is 54.0 Å². The van der Waals surface area contributed by atoms with Crippen LogP contribution >= 0.6 is 0 Å². The molecule has 40 heavy (non-hydrogen) atoms. The Labute approximate surface area is 234 Å². The molecule has 2 aliphatic rings. The molecule has 0 spiro atoms. The normalized spacial score (nSPS) is 19.1. The molecule has 210 valence electrons. The van der Waals surface area contributed by atoms with E-state index in [2.05, 4.69) is 66.0 Å². The molecule has 1 unspecified atom stereocenters. The summed E-state index contributed by atoms with van der Waals surface area (Å²) >= 11 is 0. The number of hydrogen-bond acceptors (Lipinski definition) is 7. The fourth-order valence-electron chi connectivity index (χ4n) is 5.92. The monoisotopic (exact) mass is 543 g/mol. The molecule has 5 heterocycles. The number of carboxylic acid groups (broad SMARTS) is 1. The van der Waals surface area contributed by atoms with E-state index in [1.165, 1.54) is 24.1 Å². The van der Waals surface area contributed by atoms with Crippen molar-refractivity contribution in [1.82, 2.24) is 29.2 Å². The Morgan fingerprint density at radius 1 is 1.10 bits per heavy atom. The highest BCUT2D eigenvalue weighted by Crippen LogP contribution is 2.36. The van der Waals surface area contributed by atoms with Crippen LogP contribution in [-0.4, -0.2) is 80.3 Å². The first-order valence-corrected chi connectivity index (χ1v) is 14.1. The highest BCUT2D eigenvalue weighted by Gasteiger charge is 2.24. The molecule has 0 saturated carbocycles. The minimum Gasteiger partial charge on any atom is -0.464 e. The highest BCUT2D eigenvalue weighted by atomic mass is 16.5. The smallest absolute Gasteiger partial charge is 0.417 e. The number of benzene rings is 1. The van der Waals surface area contributed by atoms with E-state index in [1.54, 1.807) is 18.6 Å². The molecule has 4 aromatic rings. The molecule has 0 bridgehead atoms. The maximum atomic E-state index is 12.1. The fourth-order valence-corrected chi connectivity index (χ4v) is 5.92. The second-order valence-electron chi connectivity index (χ2n) is 11.3. The van der Waals surface area contributed by atoms with Crippen molar-refractivity contribution in [2.45, 2.75) is 57.7 Å². The van der Waals surface area contributed by atoms with E-state index in [1.807, 2.05) is 10.9 Å². The van der Waals surface area contributed by atoms with Gasteiger partial charge in [0.2, 0.25) is 0 Å². The van der Waals surface area contributed by atoms with Crippen molar-refractivity contribution >= 4 is 22.9 Å². The van der Waals surface area contributed by atoms with Crippen LogP contribution in [0.15, 0.2) is 43.0 Å². The lowest BCUT2D eigenvalue weighted by molar-refractivity contribution is 0.0662. The topological polar surface area (TPSA) is 102 Å². The Hall–Kier alpha value is -3.76. The summed E-state index contributed by atoms with van der Waals surface area (Å²) in [6, 6.07) is 7.63. The van der Waals surface area contributed by atoms with Crippen molar-refractivity contribution in [1.29, 1.82) is 0 Å². The number of hydrogen-bond donors (Lipinski definition) is 1. The second kappa shape index (κ2) is 10.7. The van der Waals surface area contributed by atoms with Crippen LogP contribution in [-0.2, 0) is 4.74 Å². The van der Waals surface area contributed by atoms with Gasteiger partial charge in [-0.25, -0.2) is 19.3 Å². The van der Waals surface area contributed by atoms with Gasteiger partial charge >= 0.3 is 6.09 Å². The summed E-state index contributed by atoms with van der Waals surface area (Å²) in [6.07, 6.45) is 10.1. The van der Waals surface area contributed by atoms with Crippen LogP contribution in [0.1, 0.15) is 57.2 Å². The van der Waals surface area contributed by atoms with Gasteiger partial charge in [0.05, 0.1) is 24.1 Å². The Bertz CT molecular complexity index is 1540. The average Bonchev–Trinajstić information content (AvgIpc) is 3.70. The third-order valence-electron chi connectivity index (χ3n) is 8.56. The van der Waals surface area contributed by atoms with Crippen molar-refractivity contribution in [2.24, 2.45) is 0 Å². The summed E-state index contributed by atoms with van der Waals surface area (Å²) in [7, 11) is 4.17. The zero-order chi connectivity index (χ0) is 28.0. The van der Waals surface area contributed by atoms with Crippen LogP contribution < -0.4 is 4.90 Å². The molecule has 1 N–H and O–H groups in total. The van der Waals surface area contributed by atoms with Crippen LogP contribution in [0, 0.1) is 0 Å². The van der Waals surface area contributed by atoms with E-state index in [9.17, 15) is 9.90 Å². The van der Waals surface area contributed by atoms with E-state index in [-0.39, 0.29) is 12.1 Å². The lowest BCUT2D eigenvalue weighted by Crippen LogP contribution is -2.26. The molecule has 10 nitrogen and oxygen atoms in total. The standard InChI is InChI=1S/C30H37N7O3/c1-19-6-5-9-35(19)25-13-21(20(2)34(3)4)12-22(14-25)27-16-31-29-28(33-27)26(18-36(29)30(38)39)23-15-32-37(17-23)24-7-10-40-11-8-24/h12-20,24H,5-11H2,1-4H3,(H,38,39)/t19-,20?/m1/s1. The number of rotatable bonds is 6. The quantitative estimate of drug-likeness (QED) is 0.343. The number of nitrogens with zero attached hydrogens (tertiary/aromatic N) is 7. The summed E-state index contributed by atoms with van der Waals surface area (Å²) in [4.78, 5) is 26.5. The van der Waals surface area contributed by atoms with Gasteiger partial charge in [0.15, 0.2) is 5.65 Å². The van der Waals surface area contributed by atoms with E-state index in [4.69, 9.17) is 9.72 Å². The largest absolute Gasteiger partial charge is 0.464 e. The lowest BCUT2D eigenvalue weighted by Gasteiger charge is -2.27. The molecule has 2 aliphatic heterocycles. The van der Waals surface area contributed by atoms with Crippen LogP contribution in [0.4, 0.5) is 10.5 Å². The average molecular weight is 544 g/mol. The molecule has 10 heteroatoms. The molecule has 0 radical (unpaired) electrons. The molecule has 2 fully saturated rings. The van der Waals surface area contributed by atoms with Crippen molar-refractivity contribution in [3.63, 3.8) is 0 Å². The zero-order valence-corrected chi connectivity index (χ0v) is 23.6. The van der Waals surface area contributed by atoms with Crippen LogP contribution in [0.5, 0.6) is 0 Å². The van der Waals surface area contributed by atoms with Gasteiger partial charge in [-0.1, -0.05) is 0 Å². The van der Waals surface area contributed by atoms with E-state index >= 15 is 0 Å². The first-order valence-electron chi connectivity index (χ1n) is 14.1. The highest BCUT2D eigenvalue weighted by molar-refractivity contribution is 5.96. The molecule has 2 saturated heterocycles. The fraction of sp³-hybridized carbons (Fsp3) is 0.467. The summed E-state index contributed by atoms with van der Waals surface area (Å²) in [6.45, 7) is 6.95. The lowest BCUT2D eigenvalue weighted by atomic mass is 10.0. The predicted octanol–water partition coefficient (Wildman–Crippen LogP) is 5.45. The summed E-state index contributed by atoms with van der Waals surface area (Å²) < 4.78 is 8.62. The first-order chi connectivity index (χ1) is 19.3. The maximum Gasteiger partial charge on any atom is 0.417 e. The molecule has 6 rings (SSSR count). The minimum atomic E-state index is -1.10. The third-order valence-corrected chi connectivity index (χ3v) is 8.56. The first kappa shape index (κ1) is 26.5. The molecular weight excluding hydrogens is 506 g/mol. The van der Waals surface area contributed by atoms with Crippen molar-refractivity contribution in [3.8, 4) is 22.4 Å². The van der Waals surface area contributed by atoms with Crippen LogP contribution in [0.2, 0.25) is 0 Å². The van der Waals surface area contributed by atoms with Crippen LogP contribution in [0.25, 0.3) is 33.5 Å². The number of aromatic nitrogens is 5. The Morgan fingerprint density at radius 3 is 2.60 bits per heavy atom. The predicted molar refractivity (Wildman–Crippen MR) is 155 cm³/mol. The van der Waals surface area contributed by atoms with Gasteiger partial charge in [0.1, 0.15) is 5.52 Å². The molecular formula is C30H37N7O3. The van der Waals surface area contributed by atoms with Gasteiger partial charge in [0.25, 0.3) is 0 Å². The number of anilines is 1. The molecule has 0 amide bonds. The van der Waals surface area contributed by atoms with Crippen molar-refractivity contribution in [2.75, 3.05) is 38.8 Å². The van der Waals surface area contributed by atoms with Crippen LogP contribution in [0.3, 0.4) is 0 Å². The maximum absolute atomic E-state index is 12.1. The SMILES string of the molecule is CC(c1cc(-c2cnc3c(n2)c(-c2cnn(C4CCOCC4)c2)cn3C(=O)O)cc(N2CCC[C@H]2C)c1)N(C)C. The van der Waals surface area contributed by atoms with Gasteiger partial charge in [0, 0.05) is 66.6 Å². The number of ether oxygens (including phenoxy) is 1. The number of fused-ring (bicyclic) bond motifs is 1. The Kier molecular flexibility index (Phi) is 7.06. The van der Waals surface area contributed by atoms with E-state index in [0.29, 0.717) is 22.8 Å². The van der Waals surface area contributed by atoms with Crippen molar-refractivity contribution in [3.05, 3.63) is 48.5 Å². The summed E-state index contributed by atoms with van der Waals surface area (Å²) in [5.41, 5.74) is 6.48. The van der Waals surface area contributed by atoms with Gasteiger partial charge in [-0.05, 0) is 77.4 Å². The third kappa shape index (κ3) is 4.86.